The Balaban J connectivity index is 2.29. The van der Waals surface area contributed by atoms with Crippen molar-refractivity contribution in [2.75, 3.05) is 11.4 Å². The molecule has 1 fully saturated rings. The molecule has 0 aliphatic carbocycles. The van der Waals surface area contributed by atoms with Gasteiger partial charge in [-0.1, -0.05) is 6.92 Å². The predicted octanol–water partition coefficient (Wildman–Crippen LogP) is 3.75. The third-order valence-electron chi connectivity index (χ3n) is 3.82. The predicted molar refractivity (Wildman–Crippen MR) is 73.7 cm³/mol. The Bertz CT molecular complexity index is 392. The van der Waals surface area contributed by atoms with Crippen LogP contribution < -0.4 is 4.90 Å². The van der Waals surface area contributed by atoms with E-state index in [9.17, 15) is 0 Å². The molecule has 0 bridgehead atoms. The maximum atomic E-state index is 5.93. The molecule has 0 saturated carbocycles. The van der Waals surface area contributed by atoms with Gasteiger partial charge in [0.1, 0.15) is 5.82 Å². The van der Waals surface area contributed by atoms with Gasteiger partial charge in [0.15, 0.2) is 0 Å². The number of aromatic nitrogens is 1. The van der Waals surface area contributed by atoms with E-state index < -0.39 is 0 Å². The van der Waals surface area contributed by atoms with Crippen molar-refractivity contribution < 1.29 is 0 Å². The highest BCUT2D eigenvalue weighted by molar-refractivity contribution is 6.17. The quantitative estimate of drug-likeness (QED) is 0.746. The van der Waals surface area contributed by atoms with Crippen LogP contribution in [0.2, 0.25) is 0 Å². The molecule has 94 valence electrons. The summed E-state index contributed by atoms with van der Waals surface area (Å²) in [5.41, 5.74) is 2.23. The zero-order valence-corrected chi connectivity index (χ0v) is 11.7. The highest BCUT2D eigenvalue weighted by atomic mass is 35.5. The molecule has 2 rings (SSSR count). The molecule has 0 radical (unpaired) electrons. The van der Waals surface area contributed by atoms with Crippen molar-refractivity contribution in [2.24, 2.45) is 5.92 Å². The van der Waals surface area contributed by atoms with E-state index in [1.54, 1.807) is 0 Å². The third-order valence-corrected chi connectivity index (χ3v) is 4.13. The van der Waals surface area contributed by atoms with Crippen LogP contribution in [0.5, 0.6) is 0 Å². The SMILES string of the molecule is Cc1cc(CCl)cc(N2CCCC(C)C2C)n1. The Morgan fingerprint density at radius 3 is 2.88 bits per heavy atom. The van der Waals surface area contributed by atoms with Crippen LogP contribution in [0.1, 0.15) is 37.9 Å². The number of hydrogen-bond acceptors (Lipinski definition) is 2. The topological polar surface area (TPSA) is 16.1 Å². The summed E-state index contributed by atoms with van der Waals surface area (Å²) in [6.07, 6.45) is 2.59. The summed E-state index contributed by atoms with van der Waals surface area (Å²) < 4.78 is 0. The van der Waals surface area contributed by atoms with E-state index in [1.807, 2.05) is 6.92 Å². The summed E-state index contributed by atoms with van der Waals surface area (Å²) in [4.78, 5) is 7.09. The summed E-state index contributed by atoms with van der Waals surface area (Å²) >= 11 is 5.93. The maximum Gasteiger partial charge on any atom is 0.129 e. The average molecular weight is 253 g/mol. The van der Waals surface area contributed by atoms with Gasteiger partial charge < -0.3 is 4.90 Å². The number of hydrogen-bond donors (Lipinski definition) is 0. The van der Waals surface area contributed by atoms with Crippen molar-refractivity contribution in [2.45, 2.75) is 45.5 Å². The molecule has 1 aromatic rings. The second-order valence-corrected chi connectivity index (χ2v) is 5.43. The molecular weight excluding hydrogens is 232 g/mol. The molecule has 0 aromatic carbocycles. The standard InChI is InChI=1S/C14H21ClN2/c1-10-5-4-6-17(12(10)3)14-8-13(9-15)7-11(2)16-14/h7-8,10,12H,4-6,9H2,1-3H3. The number of alkyl halides is 1. The normalized spacial score (nSPS) is 25.1. The van der Waals surface area contributed by atoms with E-state index in [0.717, 1.165) is 24.0 Å². The molecule has 3 heteroatoms. The minimum Gasteiger partial charge on any atom is -0.354 e. The molecule has 2 atom stereocenters. The minimum absolute atomic E-state index is 0.564. The first-order chi connectivity index (χ1) is 8.11. The van der Waals surface area contributed by atoms with Crippen LogP contribution in [-0.4, -0.2) is 17.6 Å². The van der Waals surface area contributed by atoms with Crippen LogP contribution in [0.15, 0.2) is 12.1 Å². The van der Waals surface area contributed by atoms with Gasteiger partial charge in [0.05, 0.1) is 0 Å². The molecule has 1 aliphatic rings. The van der Waals surface area contributed by atoms with Crippen molar-refractivity contribution in [3.63, 3.8) is 0 Å². The van der Waals surface area contributed by atoms with Gasteiger partial charge in [-0.2, -0.15) is 0 Å². The van der Waals surface area contributed by atoms with Crippen LogP contribution >= 0.6 is 11.6 Å². The van der Waals surface area contributed by atoms with E-state index in [2.05, 4.69) is 35.9 Å². The average Bonchev–Trinajstić information content (AvgIpc) is 2.31. The molecule has 2 unspecified atom stereocenters. The van der Waals surface area contributed by atoms with Gasteiger partial charge in [0, 0.05) is 24.2 Å². The Labute approximate surface area is 109 Å². The lowest BCUT2D eigenvalue weighted by Gasteiger charge is -2.39. The first-order valence-electron chi connectivity index (χ1n) is 6.42. The summed E-state index contributed by atoms with van der Waals surface area (Å²) in [5.74, 6) is 2.40. The minimum atomic E-state index is 0.564. The maximum absolute atomic E-state index is 5.93. The summed E-state index contributed by atoms with van der Waals surface area (Å²) in [6, 6.07) is 4.77. The Hall–Kier alpha value is -0.760. The molecule has 0 N–H and O–H groups in total. The van der Waals surface area contributed by atoms with Crippen LogP contribution in [0, 0.1) is 12.8 Å². The van der Waals surface area contributed by atoms with E-state index in [4.69, 9.17) is 11.6 Å². The molecular formula is C14H21ClN2. The van der Waals surface area contributed by atoms with E-state index >= 15 is 0 Å². The molecule has 1 saturated heterocycles. The number of halogens is 1. The second kappa shape index (κ2) is 5.26. The number of pyridine rings is 1. The zero-order valence-electron chi connectivity index (χ0n) is 10.9. The summed E-state index contributed by atoms with van der Waals surface area (Å²) in [7, 11) is 0. The lowest BCUT2D eigenvalue weighted by molar-refractivity contribution is 0.361. The van der Waals surface area contributed by atoms with E-state index in [0.29, 0.717) is 11.9 Å². The molecule has 17 heavy (non-hydrogen) atoms. The highest BCUT2D eigenvalue weighted by Crippen LogP contribution is 2.28. The van der Waals surface area contributed by atoms with Gasteiger partial charge in [-0.15, -0.1) is 11.6 Å². The van der Waals surface area contributed by atoms with Crippen molar-refractivity contribution in [1.29, 1.82) is 0 Å². The second-order valence-electron chi connectivity index (χ2n) is 5.16. The van der Waals surface area contributed by atoms with Gasteiger partial charge >= 0.3 is 0 Å². The van der Waals surface area contributed by atoms with Crippen molar-refractivity contribution in [1.82, 2.24) is 4.98 Å². The number of rotatable bonds is 2. The van der Waals surface area contributed by atoms with Crippen LogP contribution in [-0.2, 0) is 5.88 Å². The molecule has 2 heterocycles. The van der Waals surface area contributed by atoms with Crippen LogP contribution in [0.25, 0.3) is 0 Å². The fraction of sp³-hybridized carbons (Fsp3) is 0.643. The number of piperidine rings is 1. The lowest BCUT2D eigenvalue weighted by Crippen LogP contribution is -2.43. The molecule has 1 aromatic heterocycles. The van der Waals surface area contributed by atoms with Gasteiger partial charge in [-0.05, 0) is 50.3 Å². The molecule has 2 nitrogen and oxygen atoms in total. The number of aryl methyl sites for hydroxylation is 1. The fourth-order valence-electron chi connectivity index (χ4n) is 2.60. The zero-order chi connectivity index (χ0) is 12.4. The first-order valence-corrected chi connectivity index (χ1v) is 6.95. The monoisotopic (exact) mass is 252 g/mol. The number of nitrogens with zero attached hydrogens (tertiary/aromatic N) is 2. The van der Waals surface area contributed by atoms with E-state index in [1.165, 1.54) is 18.4 Å². The lowest BCUT2D eigenvalue weighted by atomic mass is 9.92. The van der Waals surface area contributed by atoms with Crippen LogP contribution in [0.4, 0.5) is 5.82 Å². The largest absolute Gasteiger partial charge is 0.354 e. The summed E-state index contributed by atoms with van der Waals surface area (Å²) in [6.45, 7) is 7.78. The Kier molecular flexibility index (Phi) is 3.93. The van der Waals surface area contributed by atoms with E-state index in [-0.39, 0.29) is 0 Å². The highest BCUT2D eigenvalue weighted by Gasteiger charge is 2.25. The molecule has 1 aliphatic heterocycles. The molecule has 0 spiro atoms. The third kappa shape index (κ3) is 2.74. The van der Waals surface area contributed by atoms with Gasteiger partial charge in [-0.25, -0.2) is 4.98 Å². The van der Waals surface area contributed by atoms with Gasteiger partial charge in [0.25, 0.3) is 0 Å². The Morgan fingerprint density at radius 1 is 1.41 bits per heavy atom. The Morgan fingerprint density at radius 2 is 2.18 bits per heavy atom. The van der Waals surface area contributed by atoms with Crippen LogP contribution in [0.3, 0.4) is 0 Å². The van der Waals surface area contributed by atoms with Crippen molar-refractivity contribution >= 4 is 17.4 Å². The molecule has 0 amide bonds. The fourth-order valence-corrected chi connectivity index (χ4v) is 2.76. The summed E-state index contributed by atoms with van der Waals surface area (Å²) in [5, 5.41) is 0. The van der Waals surface area contributed by atoms with Gasteiger partial charge in [-0.3, -0.25) is 0 Å². The number of anilines is 1. The van der Waals surface area contributed by atoms with Crippen molar-refractivity contribution in [3.8, 4) is 0 Å². The van der Waals surface area contributed by atoms with Gasteiger partial charge in [0.2, 0.25) is 0 Å². The smallest absolute Gasteiger partial charge is 0.129 e. The first kappa shape index (κ1) is 12.7. The van der Waals surface area contributed by atoms with Crippen molar-refractivity contribution in [3.05, 3.63) is 23.4 Å².